The van der Waals surface area contributed by atoms with Gasteiger partial charge in [0, 0.05) is 25.2 Å². The lowest BCUT2D eigenvalue weighted by atomic mass is 9.95. The van der Waals surface area contributed by atoms with Crippen LogP contribution in [0.15, 0.2) is 42.5 Å². The Balaban J connectivity index is 1.71. The van der Waals surface area contributed by atoms with Crippen molar-refractivity contribution in [2.45, 2.75) is 25.2 Å². The fourth-order valence-corrected chi connectivity index (χ4v) is 3.76. The van der Waals surface area contributed by atoms with Gasteiger partial charge in [0.25, 0.3) is 0 Å². The molecule has 0 atom stereocenters. The van der Waals surface area contributed by atoms with Crippen LogP contribution in [-0.4, -0.2) is 20.7 Å². The highest BCUT2D eigenvalue weighted by molar-refractivity contribution is 6.33. The molecule has 1 heterocycles. The van der Waals surface area contributed by atoms with Crippen LogP contribution in [0.4, 0.5) is 10.1 Å². The number of hydrogen-bond donors (Lipinski definition) is 1. The lowest BCUT2D eigenvalue weighted by Gasteiger charge is -2.15. The Bertz CT molecular complexity index is 1020. The van der Waals surface area contributed by atoms with Crippen LogP contribution in [0.25, 0.3) is 11.4 Å². The fraction of sp³-hybridized carbons (Fsp3) is 0.250. The minimum Gasteiger partial charge on any atom is -0.326 e. The van der Waals surface area contributed by atoms with Gasteiger partial charge in [-0.1, -0.05) is 23.7 Å². The number of hydrogen-bond acceptors (Lipinski definition) is 3. The Kier molecular flexibility index (Phi) is 4.23. The molecule has 0 bridgehead atoms. The van der Waals surface area contributed by atoms with E-state index in [-0.39, 0.29) is 17.1 Å². The predicted octanol–water partition coefficient (Wildman–Crippen LogP) is 4.31. The van der Waals surface area contributed by atoms with Gasteiger partial charge in [0.05, 0.1) is 10.4 Å². The third-order valence-electron chi connectivity index (χ3n) is 4.98. The Labute approximate surface area is 161 Å². The second kappa shape index (κ2) is 6.46. The zero-order valence-electron chi connectivity index (χ0n) is 15.0. The summed E-state index contributed by atoms with van der Waals surface area (Å²) in [5.41, 5.74) is 2.18. The first-order valence-electron chi connectivity index (χ1n) is 8.64. The van der Waals surface area contributed by atoms with E-state index in [1.165, 1.54) is 19.1 Å². The van der Waals surface area contributed by atoms with Crippen LogP contribution < -0.4 is 5.32 Å². The highest BCUT2D eigenvalue weighted by Crippen LogP contribution is 2.53. The molecule has 0 saturated heterocycles. The van der Waals surface area contributed by atoms with E-state index >= 15 is 0 Å². The number of anilines is 1. The van der Waals surface area contributed by atoms with E-state index in [4.69, 9.17) is 11.6 Å². The number of benzene rings is 2. The van der Waals surface area contributed by atoms with Crippen LogP contribution in [0.2, 0.25) is 5.02 Å². The van der Waals surface area contributed by atoms with Crippen molar-refractivity contribution < 1.29 is 9.18 Å². The molecule has 1 saturated carbocycles. The van der Waals surface area contributed by atoms with E-state index in [1.54, 1.807) is 12.1 Å². The SMILES string of the molecule is CC(=O)Nc1ccc(-c2nnc(C3(c4ccc(F)cc4)CC3)n2C)c(Cl)c1. The van der Waals surface area contributed by atoms with E-state index in [1.807, 2.05) is 29.8 Å². The molecule has 2 aromatic carbocycles. The molecule has 7 heteroatoms. The van der Waals surface area contributed by atoms with Crippen LogP contribution in [0.5, 0.6) is 0 Å². The van der Waals surface area contributed by atoms with Crippen molar-refractivity contribution in [2.75, 3.05) is 5.32 Å². The first-order valence-corrected chi connectivity index (χ1v) is 9.02. The summed E-state index contributed by atoms with van der Waals surface area (Å²) >= 11 is 6.42. The van der Waals surface area contributed by atoms with E-state index in [0.29, 0.717) is 16.5 Å². The predicted molar refractivity (Wildman–Crippen MR) is 102 cm³/mol. The van der Waals surface area contributed by atoms with Crippen molar-refractivity contribution in [1.29, 1.82) is 0 Å². The minimum absolute atomic E-state index is 0.158. The highest BCUT2D eigenvalue weighted by Gasteiger charge is 2.50. The molecule has 1 aromatic heterocycles. The molecule has 138 valence electrons. The topological polar surface area (TPSA) is 59.8 Å². The summed E-state index contributed by atoms with van der Waals surface area (Å²) in [4.78, 5) is 11.2. The van der Waals surface area contributed by atoms with Gasteiger partial charge in [0.15, 0.2) is 5.82 Å². The first kappa shape index (κ1) is 17.7. The molecule has 1 N–H and O–H groups in total. The Morgan fingerprint density at radius 2 is 1.89 bits per heavy atom. The molecule has 0 spiro atoms. The van der Waals surface area contributed by atoms with Crippen molar-refractivity contribution in [2.24, 2.45) is 7.05 Å². The van der Waals surface area contributed by atoms with Crippen LogP contribution in [0.3, 0.4) is 0 Å². The monoisotopic (exact) mass is 384 g/mol. The van der Waals surface area contributed by atoms with Crippen molar-refractivity contribution in [1.82, 2.24) is 14.8 Å². The molecule has 1 fully saturated rings. The van der Waals surface area contributed by atoms with Crippen molar-refractivity contribution in [3.8, 4) is 11.4 Å². The highest BCUT2D eigenvalue weighted by atomic mass is 35.5. The maximum Gasteiger partial charge on any atom is 0.221 e. The zero-order chi connectivity index (χ0) is 19.2. The Hall–Kier alpha value is -2.73. The Morgan fingerprint density at radius 1 is 1.19 bits per heavy atom. The number of carbonyl (C=O) groups is 1. The summed E-state index contributed by atoms with van der Waals surface area (Å²) in [6.07, 6.45) is 1.89. The molecule has 0 radical (unpaired) electrons. The van der Waals surface area contributed by atoms with Crippen LogP contribution in [-0.2, 0) is 17.3 Å². The minimum atomic E-state index is -0.251. The summed E-state index contributed by atoms with van der Waals surface area (Å²) in [5.74, 6) is 1.08. The largest absolute Gasteiger partial charge is 0.326 e. The third-order valence-corrected chi connectivity index (χ3v) is 5.29. The van der Waals surface area contributed by atoms with Gasteiger partial charge in [0.2, 0.25) is 5.91 Å². The summed E-state index contributed by atoms with van der Waals surface area (Å²) < 4.78 is 15.2. The normalized spacial score (nSPS) is 14.8. The number of nitrogens with one attached hydrogen (secondary N) is 1. The molecule has 0 unspecified atom stereocenters. The molecule has 0 aliphatic heterocycles. The van der Waals surface area contributed by atoms with E-state index in [9.17, 15) is 9.18 Å². The molecule has 1 amide bonds. The van der Waals surface area contributed by atoms with Crippen LogP contribution in [0, 0.1) is 5.82 Å². The van der Waals surface area contributed by atoms with E-state index < -0.39 is 0 Å². The standard InChI is InChI=1S/C20H18ClFN4O/c1-12(27)23-15-7-8-16(17(21)11-15)18-24-25-19(26(18)2)20(9-10-20)13-3-5-14(22)6-4-13/h3-8,11H,9-10H2,1-2H3,(H,23,27). The fourth-order valence-electron chi connectivity index (χ4n) is 3.49. The average Bonchev–Trinajstić information content (AvgIpc) is 3.33. The summed E-state index contributed by atoms with van der Waals surface area (Å²) in [6, 6.07) is 11.9. The van der Waals surface area contributed by atoms with Crippen LogP contribution >= 0.6 is 11.6 Å². The molecule has 27 heavy (non-hydrogen) atoms. The number of amides is 1. The first-order chi connectivity index (χ1) is 12.9. The van der Waals surface area contributed by atoms with E-state index in [2.05, 4.69) is 15.5 Å². The molecule has 3 aromatic rings. The maximum atomic E-state index is 13.3. The van der Waals surface area contributed by atoms with Crippen molar-refractivity contribution in [3.63, 3.8) is 0 Å². The van der Waals surface area contributed by atoms with Gasteiger partial charge >= 0.3 is 0 Å². The number of halogens is 2. The molecule has 5 nitrogen and oxygen atoms in total. The average molecular weight is 385 g/mol. The second-order valence-electron chi connectivity index (χ2n) is 6.87. The molecular formula is C20H18ClFN4O. The quantitative estimate of drug-likeness (QED) is 0.729. The zero-order valence-corrected chi connectivity index (χ0v) is 15.7. The summed E-state index contributed by atoms with van der Waals surface area (Å²) in [7, 11) is 1.91. The third kappa shape index (κ3) is 3.10. The molecule has 4 rings (SSSR count). The number of aromatic nitrogens is 3. The van der Waals surface area contributed by atoms with Crippen LogP contribution in [0.1, 0.15) is 31.2 Å². The lowest BCUT2D eigenvalue weighted by Crippen LogP contribution is -2.15. The molecule has 1 aliphatic carbocycles. The van der Waals surface area contributed by atoms with Gasteiger partial charge in [-0.3, -0.25) is 4.79 Å². The summed E-state index contributed by atoms with van der Waals surface area (Å²) in [6.45, 7) is 1.45. The van der Waals surface area contributed by atoms with Gasteiger partial charge in [-0.2, -0.15) is 0 Å². The molecular weight excluding hydrogens is 367 g/mol. The smallest absolute Gasteiger partial charge is 0.221 e. The van der Waals surface area contributed by atoms with Crippen molar-refractivity contribution in [3.05, 3.63) is 64.7 Å². The number of carbonyl (C=O) groups excluding carboxylic acids is 1. The maximum absolute atomic E-state index is 13.3. The lowest BCUT2D eigenvalue weighted by molar-refractivity contribution is -0.114. The number of nitrogens with zero attached hydrogens (tertiary/aromatic N) is 3. The summed E-state index contributed by atoms with van der Waals surface area (Å²) in [5, 5.41) is 12.0. The van der Waals surface area contributed by atoms with Gasteiger partial charge < -0.3 is 9.88 Å². The van der Waals surface area contributed by atoms with Gasteiger partial charge in [-0.05, 0) is 48.7 Å². The number of rotatable bonds is 4. The van der Waals surface area contributed by atoms with Crippen molar-refractivity contribution >= 4 is 23.2 Å². The Morgan fingerprint density at radius 3 is 2.48 bits per heavy atom. The molecule has 1 aliphatic rings. The van der Waals surface area contributed by atoms with Gasteiger partial charge in [-0.25, -0.2) is 4.39 Å². The second-order valence-corrected chi connectivity index (χ2v) is 7.28. The van der Waals surface area contributed by atoms with Gasteiger partial charge in [-0.15, -0.1) is 10.2 Å². The van der Waals surface area contributed by atoms with E-state index in [0.717, 1.165) is 29.8 Å². The van der Waals surface area contributed by atoms with Gasteiger partial charge in [0.1, 0.15) is 11.6 Å².